The number of hydrogen-bond donors (Lipinski definition) is 2. The number of fused-ring (bicyclic) bond motifs is 1. The summed E-state index contributed by atoms with van der Waals surface area (Å²) in [6, 6.07) is 10.3. The monoisotopic (exact) mass is 404 g/mol. The second-order valence-electron chi connectivity index (χ2n) is 5.79. The van der Waals surface area contributed by atoms with E-state index in [0.717, 1.165) is 45.2 Å². The average molecular weight is 405 g/mol. The van der Waals surface area contributed by atoms with Gasteiger partial charge in [0, 0.05) is 24.0 Å². The maximum absolute atomic E-state index is 6.27. The summed E-state index contributed by atoms with van der Waals surface area (Å²) in [4.78, 5) is 9.12. The predicted octanol–water partition coefficient (Wildman–Crippen LogP) is 2.76. The number of halogens is 1. The molecule has 4 rings (SSSR count). The number of hydrogen-bond acceptors (Lipinski definition) is 6. The molecule has 0 unspecified atom stereocenters. The van der Waals surface area contributed by atoms with Crippen LogP contribution in [-0.4, -0.2) is 33.7 Å². The summed E-state index contributed by atoms with van der Waals surface area (Å²) in [7, 11) is 0. The Kier molecular flexibility index (Phi) is 4.11. The Labute approximate surface area is 152 Å². The van der Waals surface area contributed by atoms with Crippen LogP contribution in [-0.2, 0) is 0 Å². The summed E-state index contributed by atoms with van der Waals surface area (Å²) in [5, 5.41) is 4.39. The minimum atomic E-state index is 0.180. The molecule has 1 aliphatic rings. The third-order valence-corrected chi connectivity index (χ3v) is 5.84. The molecule has 8 heteroatoms. The van der Waals surface area contributed by atoms with Crippen LogP contribution in [0.4, 0.5) is 11.6 Å². The van der Waals surface area contributed by atoms with E-state index in [1.807, 2.05) is 24.4 Å². The van der Waals surface area contributed by atoms with E-state index in [1.165, 1.54) is 0 Å². The zero-order valence-electron chi connectivity index (χ0n) is 12.9. The third-order valence-electron chi connectivity index (χ3n) is 4.07. The smallest absolute Gasteiger partial charge is 0.173 e. The van der Waals surface area contributed by atoms with Crippen LogP contribution in [0.25, 0.3) is 5.65 Å². The van der Waals surface area contributed by atoms with Crippen molar-refractivity contribution in [2.45, 2.75) is 22.3 Å². The molecule has 6 nitrogen and oxygen atoms in total. The van der Waals surface area contributed by atoms with Gasteiger partial charge in [0.25, 0.3) is 0 Å². The molecule has 0 spiro atoms. The Bertz CT molecular complexity index is 881. The number of nitrogen functional groups attached to an aromatic ring is 1. The van der Waals surface area contributed by atoms with Crippen LogP contribution < -0.4 is 16.4 Å². The maximum atomic E-state index is 6.27. The van der Waals surface area contributed by atoms with Crippen LogP contribution in [0.5, 0.6) is 0 Å². The molecule has 124 valence electrons. The average Bonchev–Trinajstić information content (AvgIpc) is 3.18. The van der Waals surface area contributed by atoms with Gasteiger partial charge in [-0.2, -0.15) is 9.61 Å². The fourth-order valence-electron chi connectivity index (χ4n) is 2.84. The molecule has 0 radical (unpaired) electrons. The second kappa shape index (κ2) is 6.27. The normalized spacial score (nSPS) is 17.8. The minimum absolute atomic E-state index is 0.180. The van der Waals surface area contributed by atoms with E-state index >= 15 is 0 Å². The van der Waals surface area contributed by atoms with Gasteiger partial charge in [0.05, 0.1) is 11.1 Å². The molecule has 4 N–H and O–H groups in total. The quantitative estimate of drug-likeness (QED) is 0.697. The first kappa shape index (κ1) is 15.7. The minimum Gasteiger partial charge on any atom is -0.383 e. The van der Waals surface area contributed by atoms with Crippen molar-refractivity contribution >= 4 is 45.0 Å². The molecule has 1 saturated heterocycles. The van der Waals surface area contributed by atoms with Gasteiger partial charge in [-0.25, -0.2) is 4.98 Å². The van der Waals surface area contributed by atoms with Gasteiger partial charge in [-0.15, -0.1) is 0 Å². The number of nitrogens with zero attached hydrogens (tertiary/aromatic N) is 4. The molecule has 0 aliphatic carbocycles. The van der Waals surface area contributed by atoms with Crippen molar-refractivity contribution in [1.29, 1.82) is 0 Å². The van der Waals surface area contributed by atoms with E-state index < -0.39 is 0 Å². The first-order valence-electron chi connectivity index (χ1n) is 7.69. The zero-order chi connectivity index (χ0) is 16.7. The zero-order valence-corrected chi connectivity index (χ0v) is 15.3. The van der Waals surface area contributed by atoms with E-state index in [2.05, 4.69) is 38.1 Å². The summed E-state index contributed by atoms with van der Waals surface area (Å²) in [5.41, 5.74) is 13.1. The molecule has 3 heterocycles. The van der Waals surface area contributed by atoms with Gasteiger partial charge in [-0.1, -0.05) is 30.0 Å². The van der Waals surface area contributed by atoms with E-state index in [4.69, 9.17) is 16.5 Å². The lowest BCUT2D eigenvalue weighted by Gasteiger charge is -2.19. The van der Waals surface area contributed by atoms with Gasteiger partial charge >= 0.3 is 0 Å². The topological polar surface area (TPSA) is 85.5 Å². The number of rotatable bonds is 3. The highest BCUT2D eigenvalue weighted by atomic mass is 79.9. The molecule has 3 aromatic rings. The number of anilines is 2. The van der Waals surface area contributed by atoms with E-state index in [9.17, 15) is 0 Å². The molecule has 24 heavy (non-hydrogen) atoms. The van der Waals surface area contributed by atoms with Crippen molar-refractivity contribution in [3.05, 3.63) is 41.0 Å². The third kappa shape index (κ3) is 2.74. The van der Waals surface area contributed by atoms with Crippen LogP contribution in [0.3, 0.4) is 0 Å². The van der Waals surface area contributed by atoms with E-state index in [0.29, 0.717) is 5.82 Å². The lowest BCUT2D eigenvalue weighted by atomic mass is 10.3. The van der Waals surface area contributed by atoms with Crippen LogP contribution in [0.15, 0.2) is 50.8 Å². The van der Waals surface area contributed by atoms with Gasteiger partial charge in [-0.3, -0.25) is 0 Å². The number of aromatic nitrogens is 3. The predicted molar refractivity (Wildman–Crippen MR) is 100 cm³/mol. The summed E-state index contributed by atoms with van der Waals surface area (Å²) in [6.07, 6.45) is 2.77. The van der Waals surface area contributed by atoms with Gasteiger partial charge < -0.3 is 16.4 Å². The summed E-state index contributed by atoms with van der Waals surface area (Å²) >= 11 is 5.20. The largest absolute Gasteiger partial charge is 0.383 e. The summed E-state index contributed by atoms with van der Waals surface area (Å²) in [5.74, 6) is 1.39. The van der Waals surface area contributed by atoms with Crippen molar-refractivity contribution in [3.63, 3.8) is 0 Å². The summed E-state index contributed by atoms with van der Waals surface area (Å²) < 4.78 is 2.44. The van der Waals surface area contributed by atoms with Crippen LogP contribution in [0.1, 0.15) is 6.42 Å². The molecule has 2 aromatic heterocycles. The van der Waals surface area contributed by atoms with Crippen molar-refractivity contribution in [3.8, 4) is 0 Å². The van der Waals surface area contributed by atoms with Crippen LogP contribution in [0, 0.1) is 0 Å². The number of benzene rings is 1. The van der Waals surface area contributed by atoms with Gasteiger partial charge in [0.2, 0.25) is 0 Å². The molecule has 0 bridgehead atoms. The van der Waals surface area contributed by atoms with Crippen LogP contribution in [0.2, 0.25) is 0 Å². The number of nitrogens with two attached hydrogens (primary N) is 2. The fraction of sp³-hybridized carbons (Fsp3) is 0.250. The Morgan fingerprint density at radius 2 is 2.04 bits per heavy atom. The molecule has 1 aliphatic heterocycles. The summed E-state index contributed by atoms with van der Waals surface area (Å²) in [6.45, 7) is 1.67. The molecular formula is C16H17BrN6S. The fourth-order valence-corrected chi connectivity index (χ4v) is 4.22. The van der Waals surface area contributed by atoms with Gasteiger partial charge in [-0.05, 0) is 34.5 Å². The SMILES string of the molecule is Nc1c(Br)c(N2CC[C@H](N)C2)nc2c(Sc3ccccc3)cnn12. The molecule has 1 aromatic carbocycles. The van der Waals surface area contributed by atoms with Crippen molar-refractivity contribution < 1.29 is 0 Å². The highest BCUT2D eigenvalue weighted by Gasteiger charge is 2.25. The van der Waals surface area contributed by atoms with Crippen LogP contribution >= 0.6 is 27.7 Å². The second-order valence-corrected chi connectivity index (χ2v) is 7.70. The van der Waals surface area contributed by atoms with Gasteiger partial charge in [0.1, 0.15) is 16.1 Å². The first-order chi connectivity index (χ1) is 11.6. The van der Waals surface area contributed by atoms with Crippen molar-refractivity contribution in [2.24, 2.45) is 5.73 Å². The van der Waals surface area contributed by atoms with E-state index in [1.54, 1.807) is 16.3 Å². The molecular weight excluding hydrogens is 388 g/mol. The first-order valence-corrected chi connectivity index (χ1v) is 9.30. The lowest BCUT2D eigenvalue weighted by molar-refractivity contribution is 0.751. The highest BCUT2D eigenvalue weighted by Crippen LogP contribution is 2.36. The maximum Gasteiger partial charge on any atom is 0.173 e. The molecule has 0 saturated carbocycles. The Morgan fingerprint density at radius 3 is 2.75 bits per heavy atom. The van der Waals surface area contributed by atoms with Crippen molar-refractivity contribution in [2.75, 3.05) is 23.7 Å². The standard InChI is InChI=1S/C16H17BrN6S/c17-13-14(19)23-15(21-16(13)22-7-6-10(18)9-22)12(8-20-23)24-11-4-2-1-3-5-11/h1-5,8,10H,6-7,9,18-19H2/t10-/m0/s1. The molecule has 0 amide bonds. The van der Waals surface area contributed by atoms with Gasteiger partial charge in [0.15, 0.2) is 5.65 Å². The highest BCUT2D eigenvalue weighted by molar-refractivity contribution is 9.10. The Balaban J connectivity index is 1.78. The van der Waals surface area contributed by atoms with Crippen molar-refractivity contribution in [1.82, 2.24) is 14.6 Å². The Morgan fingerprint density at radius 1 is 1.25 bits per heavy atom. The molecule has 1 atom stereocenters. The lowest BCUT2D eigenvalue weighted by Crippen LogP contribution is -2.27. The molecule has 1 fully saturated rings. The Hall–Kier alpha value is -1.77. The van der Waals surface area contributed by atoms with E-state index in [-0.39, 0.29) is 6.04 Å².